The lowest BCUT2D eigenvalue weighted by Gasteiger charge is -2.47. The van der Waals surface area contributed by atoms with E-state index in [1.165, 1.54) is 0 Å². The average Bonchev–Trinajstić information content (AvgIpc) is 2.91. The molecule has 55 heavy (non-hydrogen) atoms. The van der Waals surface area contributed by atoms with E-state index in [0.29, 0.717) is 22.9 Å². The highest BCUT2D eigenvalue weighted by Gasteiger charge is 2.55. The van der Waals surface area contributed by atoms with Gasteiger partial charge in [-0.15, -0.1) is 0 Å². The largest absolute Gasteiger partial charge is 0.491 e. The van der Waals surface area contributed by atoms with Gasteiger partial charge in [-0.3, -0.25) is 0 Å². The third-order valence-electron chi connectivity index (χ3n) is 8.13. The first-order chi connectivity index (χ1) is 24.8. The lowest BCUT2D eigenvalue weighted by atomic mass is 10.3. The van der Waals surface area contributed by atoms with Crippen LogP contribution in [0.4, 0.5) is 11.4 Å². The summed E-state index contributed by atoms with van der Waals surface area (Å²) in [6, 6.07) is 15.2. The zero-order chi connectivity index (χ0) is 42.3. The molecule has 0 fully saturated rings. The minimum Gasteiger partial charge on any atom is -0.491 e. The monoisotopic (exact) mass is 904 g/mol. The van der Waals surface area contributed by atoms with E-state index < -0.39 is 68.0 Å². The normalized spacial score (nSPS) is 16.0. The maximum absolute atomic E-state index is 7.50. The zero-order valence-corrected chi connectivity index (χ0v) is 45.4. The molecule has 0 amide bonds. The van der Waals surface area contributed by atoms with E-state index in [2.05, 4.69) is 119 Å². The summed E-state index contributed by atoms with van der Waals surface area (Å²) in [5, 5.41) is 0. The Kier molecular flexibility index (Phi) is 17.8. The highest BCUT2D eigenvalue weighted by molar-refractivity contribution is 6.92. The minimum atomic E-state index is -3.01. The Morgan fingerprint density at radius 3 is 1.00 bits per heavy atom. The number of ether oxygens (including phenoxy) is 2. The third kappa shape index (κ3) is 18.3. The summed E-state index contributed by atoms with van der Waals surface area (Å²) in [6.07, 6.45) is 3.36. The molecule has 0 spiro atoms. The van der Waals surface area contributed by atoms with Gasteiger partial charge in [-0.25, -0.2) is 0 Å². The predicted molar refractivity (Wildman–Crippen MR) is 248 cm³/mol. The van der Waals surface area contributed by atoms with Crippen molar-refractivity contribution in [3.05, 3.63) is 48.5 Å². The fraction of sp³-hybridized carbons (Fsp3) is 0.667. The molecule has 0 radical (unpaired) electrons. The lowest BCUT2D eigenvalue weighted by molar-refractivity contribution is 0.174. The first-order valence-corrected chi connectivity index (χ1v) is 42.6. The van der Waals surface area contributed by atoms with Crippen LogP contribution in [0.2, 0.25) is 105 Å². The number of hydrogen-bond acceptors (Lipinski definition) is 11. The second kappa shape index (κ2) is 19.4. The first-order valence-electron chi connectivity index (χ1n) is 19.8. The molecule has 19 heteroatoms. The molecule has 0 aliphatic heterocycles. The van der Waals surface area contributed by atoms with Gasteiger partial charge in [0.15, 0.2) is 8.32 Å². The van der Waals surface area contributed by atoms with Gasteiger partial charge in [-0.05, 0) is 142 Å². The van der Waals surface area contributed by atoms with Crippen LogP contribution >= 0.6 is 0 Å². The molecule has 2 aromatic carbocycles. The van der Waals surface area contributed by atoms with Gasteiger partial charge in [0.1, 0.15) is 23.0 Å². The number of rotatable bonds is 24. The van der Waals surface area contributed by atoms with Crippen LogP contribution in [0, 0.1) is 0 Å². The van der Waals surface area contributed by atoms with Crippen LogP contribution in [0.25, 0.3) is 0 Å². The van der Waals surface area contributed by atoms with Crippen molar-refractivity contribution >= 4 is 79.4 Å². The van der Waals surface area contributed by atoms with Crippen LogP contribution in [-0.2, 0) is 28.8 Å². The summed E-state index contributed by atoms with van der Waals surface area (Å²) < 4.78 is 62.1. The fourth-order valence-electron chi connectivity index (χ4n) is 7.64. The van der Waals surface area contributed by atoms with Crippen LogP contribution in [0.1, 0.15) is 39.5 Å². The number of hydrogen-bond donors (Lipinski definition) is 2. The molecule has 0 aliphatic rings. The molecule has 0 aliphatic carbocycles. The van der Waals surface area contributed by atoms with Crippen LogP contribution in [0.3, 0.4) is 0 Å². The molecule has 2 aromatic rings. The van der Waals surface area contributed by atoms with E-state index >= 15 is 0 Å². The Bertz CT molecular complexity index is 1450. The summed E-state index contributed by atoms with van der Waals surface area (Å²) in [4.78, 5) is 0. The molecule has 2 rings (SSSR count). The molecule has 2 atom stereocenters. The van der Waals surface area contributed by atoms with Crippen LogP contribution in [0.5, 0.6) is 11.5 Å². The van der Waals surface area contributed by atoms with Crippen LogP contribution in [0.15, 0.2) is 48.5 Å². The Labute approximate surface area is 343 Å². The predicted octanol–water partition coefficient (Wildman–Crippen LogP) is 10.5. The Hall–Kier alpha value is -0.905. The summed E-state index contributed by atoms with van der Waals surface area (Å²) in [6.45, 7) is 38.2. The summed E-state index contributed by atoms with van der Waals surface area (Å²) >= 11 is 0. The van der Waals surface area contributed by atoms with Crippen LogP contribution < -0.4 is 20.9 Å². The molecule has 0 saturated heterocycles. The second-order valence-corrected chi connectivity index (χ2v) is 48.7. The SMILES string of the molecule is CCCC(Oc1cccc(N)c1)[Si](C)(O[Si](C)(C)O[Si](C)(C)O[Si](C)(C)O[Si](C)(C)O[Si](C)(C)O[Si](C)(C)O[Si](C)(C)C)C(CCC)Oc1cccc(N)c1. The van der Waals surface area contributed by atoms with Gasteiger partial charge in [0.2, 0.25) is 0 Å². The highest BCUT2D eigenvalue weighted by Crippen LogP contribution is 2.35. The van der Waals surface area contributed by atoms with Gasteiger partial charge in [-0.2, -0.15) is 0 Å². The van der Waals surface area contributed by atoms with E-state index in [1.54, 1.807) is 0 Å². The fourth-order valence-corrected chi connectivity index (χ4v) is 48.6. The number of anilines is 2. The van der Waals surface area contributed by atoms with E-state index in [4.69, 9.17) is 49.7 Å². The molecule has 0 heterocycles. The van der Waals surface area contributed by atoms with E-state index in [-0.39, 0.29) is 11.5 Å². The molecule has 0 bridgehead atoms. The van der Waals surface area contributed by atoms with Crippen molar-refractivity contribution < 1.29 is 38.3 Å². The topological polar surface area (TPSA) is 135 Å². The Morgan fingerprint density at radius 2 is 0.727 bits per heavy atom. The minimum absolute atomic E-state index is 0.255. The van der Waals surface area contributed by atoms with E-state index in [0.717, 1.165) is 25.7 Å². The zero-order valence-electron chi connectivity index (χ0n) is 37.4. The summed E-state index contributed by atoms with van der Waals surface area (Å²) in [5.41, 5.74) is 13.2. The number of benzene rings is 2. The van der Waals surface area contributed by atoms with Crippen molar-refractivity contribution in [1.82, 2.24) is 0 Å². The molecule has 11 nitrogen and oxygen atoms in total. The second-order valence-electron chi connectivity index (χ2n) is 18.3. The van der Waals surface area contributed by atoms with Gasteiger partial charge in [0, 0.05) is 23.5 Å². The van der Waals surface area contributed by atoms with Gasteiger partial charge in [-0.1, -0.05) is 38.8 Å². The first kappa shape index (κ1) is 50.2. The molecule has 4 N–H and O–H groups in total. The smallest absolute Gasteiger partial charge is 0.314 e. The molecule has 316 valence electrons. The molecular weight excluding hydrogens is 829 g/mol. The van der Waals surface area contributed by atoms with Crippen molar-refractivity contribution in [2.24, 2.45) is 0 Å². The van der Waals surface area contributed by atoms with Crippen molar-refractivity contribution in [2.75, 3.05) is 11.5 Å². The molecule has 2 unspecified atom stereocenters. The van der Waals surface area contributed by atoms with Crippen molar-refractivity contribution in [2.45, 2.75) is 156 Å². The van der Waals surface area contributed by atoms with E-state index in [9.17, 15) is 0 Å². The van der Waals surface area contributed by atoms with Gasteiger partial charge in [0.05, 0.1) is 0 Å². The number of nitrogens with two attached hydrogens (primary N) is 2. The van der Waals surface area contributed by atoms with E-state index in [1.807, 2.05) is 48.5 Å². The molecular formula is C36H76N2O9Si8. The van der Waals surface area contributed by atoms with Crippen molar-refractivity contribution in [1.29, 1.82) is 0 Å². The molecule has 0 aromatic heterocycles. The Balaban J connectivity index is 2.41. The number of nitrogen functional groups attached to an aromatic ring is 2. The quantitative estimate of drug-likeness (QED) is 0.0770. The standard InChI is InChI=1S/C36H76N2O9Si8/c1-19-23-35(39-33-27-21-25-31(37)29-33)55(18,36(24-20-2)40-34-28-22-26-32(38)30-34)47-54(16,17)46-53(14,15)45-52(12,13)44-51(10,11)43-50(8,9)42-49(6,7)41-48(3,4)5/h21-22,25-30,35-36H,19-20,23-24,37-38H2,1-18H3. The summed E-state index contributed by atoms with van der Waals surface area (Å²) in [7, 11) is -21.1. The van der Waals surface area contributed by atoms with Crippen molar-refractivity contribution in [3.8, 4) is 11.5 Å². The highest BCUT2D eigenvalue weighted by atomic mass is 28.5. The lowest BCUT2D eigenvalue weighted by Crippen LogP contribution is -2.67. The average molecular weight is 906 g/mol. The maximum Gasteiger partial charge on any atom is 0.314 e. The summed E-state index contributed by atoms with van der Waals surface area (Å²) in [5.74, 6) is 1.42. The molecule has 0 saturated carbocycles. The van der Waals surface area contributed by atoms with Gasteiger partial charge < -0.3 is 49.7 Å². The van der Waals surface area contributed by atoms with Gasteiger partial charge in [0.25, 0.3) is 8.32 Å². The maximum atomic E-state index is 7.50. The Morgan fingerprint density at radius 1 is 0.436 bits per heavy atom. The van der Waals surface area contributed by atoms with Gasteiger partial charge >= 0.3 is 51.4 Å². The third-order valence-corrected chi connectivity index (χ3v) is 39.3. The van der Waals surface area contributed by atoms with Crippen molar-refractivity contribution in [3.63, 3.8) is 0 Å². The van der Waals surface area contributed by atoms with Crippen LogP contribution in [-0.4, -0.2) is 79.5 Å².